The maximum Gasteiger partial charge on any atom is 0.230 e. The van der Waals surface area contributed by atoms with Gasteiger partial charge in [-0.2, -0.15) is 0 Å². The standard InChI is InChI=1S/C11H10FN3OS3/c1-6(9(13)16)18-10-14-15(11(17)19-10)8-4-2-7(12)3-5-8/h2-6H,1H3,(H2,13,16)/t6-/m1/s1. The molecule has 0 saturated carbocycles. The molecule has 2 aromatic rings. The van der Waals surface area contributed by atoms with Gasteiger partial charge >= 0.3 is 0 Å². The van der Waals surface area contributed by atoms with Crippen LogP contribution in [0, 0.1) is 9.77 Å². The van der Waals surface area contributed by atoms with E-state index in [1.54, 1.807) is 19.1 Å². The van der Waals surface area contributed by atoms with Gasteiger partial charge in [-0.05, 0) is 43.4 Å². The Morgan fingerprint density at radius 3 is 2.74 bits per heavy atom. The van der Waals surface area contributed by atoms with Crippen LogP contribution in [0.2, 0.25) is 0 Å². The van der Waals surface area contributed by atoms with E-state index < -0.39 is 5.91 Å². The highest BCUT2D eigenvalue weighted by atomic mass is 32.2. The minimum Gasteiger partial charge on any atom is -0.369 e. The average molecular weight is 315 g/mol. The van der Waals surface area contributed by atoms with Crippen molar-refractivity contribution in [2.45, 2.75) is 16.5 Å². The van der Waals surface area contributed by atoms with Gasteiger partial charge in [0.05, 0.1) is 10.9 Å². The molecule has 4 nitrogen and oxygen atoms in total. The molecule has 0 saturated heterocycles. The average Bonchev–Trinajstić information content (AvgIpc) is 2.71. The Labute approximate surface area is 122 Å². The Balaban J connectivity index is 2.29. The summed E-state index contributed by atoms with van der Waals surface area (Å²) in [4.78, 5) is 11.0. The molecular formula is C11H10FN3OS3. The first kappa shape index (κ1) is 14.2. The molecular weight excluding hydrogens is 305 g/mol. The van der Waals surface area contributed by atoms with Crippen LogP contribution in [0.4, 0.5) is 4.39 Å². The molecule has 1 amide bonds. The SMILES string of the molecule is C[C@@H](Sc1nn(-c2ccc(F)cc2)c(=S)s1)C(N)=O. The largest absolute Gasteiger partial charge is 0.369 e. The predicted molar refractivity (Wildman–Crippen MR) is 76.7 cm³/mol. The highest BCUT2D eigenvalue weighted by Crippen LogP contribution is 2.27. The maximum atomic E-state index is 12.9. The normalized spacial score (nSPS) is 12.3. The fourth-order valence-electron chi connectivity index (χ4n) is 1.26. The van der Waals surface area contributed by atoms with Crippen LogP contribution in [0.3, 0.4) is 0 Å². The Kier molecular flexibility index (Phi) is 4.33. The molecule has 0 radical (unpaired) electrons. The summed E-state index contributed by atoms with van der Waals surface area (Å²) in [6.07, 6.45) is 0. The number of carbonyl (C=O) groups excluding carboxylic acids is 1. The monoisotopic (exact) mass is 315 g/mol. The zero-order chi connectivity index (χ0) is 14.0. The van der Waals surface area contributed by atoms with E-state index in [-0.39, 0.29) is 11.1 Å². The molecule has 19 heavy (non-hydrogen) atoms. The van der Waals surface area contributed by atoms with E-state index in [1.807, 2.05) is 0 Å². The molecule has 8 heteroatoms. The van der Waals surface area contributed by atoms with Crippen LogP contribution in [-0.4, -0.2) is 20.9 Å². The van der Waals surface area contributed by atoms with Crippen molar-refractivity contribution in [1.82, 2.24) is 9.78 Å². The summed E-state index contributed by atoms with van der Waals surface area (Å²) < 4.78 is 15.6. The van der Waals surface area contributed by atoms with Crippen LogP contribution >= 0.6 is 35.3 Å². The predicted octanol–water partition coefficient (Wildman–Crippen LogP) is 2.77. The number of rotatable bonds is 4. The minimum absolute atomic E-state index is 0.317. The maximum absolute atomic E-state index is 12.9. The molecule has 2 N–H and O–H groups in total. The highest BCUT2D eigenvalue weighted by Gasteiger charge is 2.14. The van der Waals surface area contributed by atoms with E-state index in [0.717, 1.165) is 0 Å². The van der Waals surface area contributed by atoms with Crippen molar-refractivity contribution in [2.75, 3.05) is 0 Å². The smallest absolute Gasteiger partial charge is 0.230 e. The summed E-state index contributed by atoms with van der Waals surface area (Å²) >= 11 is 7.74. The first-order valence-corrected chi connectivity index (χ1v) is 7.40. The first-order valence-electron chi connectivity index (χ1n) is 5.29. The Morgan fingerprint density at radius 2 is 2.16 bits per heavy atom. The number of amides is 1. The summed E-state index contributed by atoms with van der Waals surface area (Å²) in [5.41, 5.74) is 5.88. The van der Waals surface area contributed by atoms with Gasteiger partial charge in [-0.25, -0.2) is 9.07 Å². The molecule has 0 aliphatic rings. The van der Waals surface area contributed by atoms with Gasteiger partial charge in [0.25, 0.3) is 0 Å². The van der Waals surface area contributed by atoms with Gasteiger partial charge in [-0.15, -0.1) is 5.10 Å². The second kappa shape index (κ2) is 5.81. The number of thioether (sulfide) groups is 1. The van der Waals surface area contributed by atoms with Gasteiger partial charge in [0.1, 0.15) is 5.82 Å². The number of hydrogen-bond donors (Lipinski definition) is 1. The number of nitrogens with two attached hydrogens (primary N) is 1. The number of carbonyl (C=O) groups is 1. The van der Waals surface area contributed by atoms with Gasteiger partial charge in [-0.1, -0.05) is 23.1 Å². The third-order valence-electron chi connectivity index (χ3n) is 2.28. The van der Waals surface area contributed by atoms with Gasteiger partial charge in [0.2, 0.25) is 5.91 Å². The number of hydrogen-bond acceptors (Lipinski definition) is 5. The van der Waals surface area contributed by atoms with Crippen molar-refractivity contribution in [3.05, 3.63) is 34.0 Å². The zero-order valence-electron chi connectivity index (χ0n) is 9.87. The van der Waals surface area contributed by atoms with Gasteiger partial charge in [0.15, 0.2) is 8.29 Å². The third-order valence-corrected chi connectivity index (χ3v) is 4.71. The number of nitrogens with zero attached hydrogens (tertiary/aromatic N) is 2. The first-order chi connectivity index (χ1) is 8.97. The van der Waals surface area contributed by atoms with Gasteiger partial charge in [-0.3, -0.25) is 4.79 Å². The van der Waals surface area contributed by atoms with Crippen molar-refractivity contribution in [3.63, 3.8) is 0 Å². The Hall–Kier alpha value is -1.25. The molecule has 1 heterocycles. The molecule has 0 unspecified atom stereocenters. The molecule has 0 bridgehead atoms. The number of halogens is 1. The third kappa shape index (κ3) is 3.40. The second-order valence-electron chi connectivity index (χ2n) is 3.68. The lowest BCUT2D eigenvalue weighted by Crippen LogP contribution is -2.22. The van der Waals surface area contributed by atoms with Crippen LogP contribution in [0.15, 0.2) is 28.6 Å². The van der Waals surface area contributed by atoms with E-state index in [9.17, 15) is 9.18 Å². The highest BCUT2D eigenvalue weighted by molar-refractivity contribution is 8.02. The lowest BCUT2D eigenvalue weighted by Gasteiger charge is -2.02. The summed E-state index contributed by atoms with van der Waals surface area (Å²) in [6.45, 7) is 1.71. The lowest BCUT2D eigenvalue weighted by atomic mass is 10.3. The minimum atomic E-state index is -0.403. The summed E-state index contributed by atoms with van der Waals surface area (Å²) in [7, 11) is 0. The molecule has 0 aliphatic carbocycles. The summed E-state index contributed by atoms with van der Waals surface area (Å²) in [5.74, 6) is -0.720. The topological polar surface area (TPSA) is 60.9 Å². The molecule has 1 aromatic heterocycles. The van der Waals surface area contributed by atoms with E-state index in [2.05, 4.69) is 5.10 Å². The van der Waals surface area contributed by atoms with Gasteiger partial charge in [0, 0.05) is 0 Å². The van der Waals surface area contributed by atoms with Crippen molar-refractivity contribution in [1.29, 1.82) is 0 Å². The Morgan fingerprint density at radius 1 is 1.53 bits per heavy atom. The zero-order valence-corrected chi connectivity index (χ0v) is 12.3. The van der Waals surface area contributed by atoms with E-state index in [1.165, 1.54) is 39.9 Å². The summed E-state index contributed by atoms with van der Waals surface area (Å²) in [6, 6.07) is 5.87. The number of primary amides is 1. The fourth-order valence-corrected chi connectivity index (χ4v) is 3.72. The number of aromatic nitrogens is 2. The molecule has 100 valence electrons. The van der Waals surface area contributed by atoms with Crippen molar-refractivity contribution in [3.8, 4) is 5.69 Å². The van der Waals surface area contributed by atoms with Crippen LogP contribution in [-0.2, 0) is 4.79 Å². The molecule has 2 rings (SSSR count). The summed E-state index contributed by atoms with van der Waals surface area (Å²) in [5, 5.41) is 3.92. The molecule has 1 atom stereocenters. The second-order valence-corrected chi connectivity index (χ2v) is 6.90. The van der Waals surface area contributed by atoms with Crippen LogP contribution < -0.4 is 5.73 Å². The molecule has 0 spiro atoms. The van der Waals surface area contributed by atoms with Gasteiger partial charge < -0.3 is 5.73 Å². The van der Waals surface area contributed by atoms with E-state index in [4.69, 9.17) is 18.0 Å². The van der Waals surface area contributed by atoms with E-state index in [0.29, 0.717) is 14.0 Å². The lowest BCUT2D eigenvalue weighted by molar-refractivity contribution is -0.117. The van der Waals surface area contributed by atoms with Crippen LogP contribution in [0.1, 0.15) is 6.92 Å². The van der Waals surface area contributed by atoms with Crippen LogP contribution in [0.5, 0.6) is 0 Å². The Bertz CT molecular complexity index is 650. The quantitative estimate of drug-likeness (QED) is 0.696. The van der Waals surface area contributed by atoms with Crippen molar-refractivity contribution in [2.24, 2.45) is 5.73 Å². The fraction of sp³-hybridized carbons (Fsp3) is 0.182. The van der Waals surface area contributed by atoms with Crippen molar-refractivity contribution < 1.29 is 9.18 Å². The molecule has 0 fully saturated rings. The van der Waals surface area contributed by atoms with Crippen molar-refractivity contribution >= 4 is 41.2 Å². The van der Waals surface area contributed by atoms with Crippen LogP contribution in [0.25, 0.3) is 5.69 Å². The number of benzene rings is 1. The molecule has 1 aromatic carbocycles. The van der Waals surface area contributed by atoms with E-state index >= 15 is 0 Å². The molecule has 0 aliphatic heterocycles.